The second-order valence-electron chi connectivity index (χ2n) is 8.53. The first-order valence-electron chi connectivity index (χ1n) is 10.2. The van der Waals surface area contributed by atoms with E-state index < -0.39 is 0 Å². The van der Waals surface area contributed by atoms with E-state index in [0.29, 0.717) is 5.76 Å². The Bertz CT molecular complexity index is 917. The molecule has 0 unspecified atom stereocenters. The predicted octanol–water partition coefficient (Wildman–Crippen LogP) is 5.59. The van der Waals surface area contributed by atoms with Crippen molar-refractivity contribution in [2.75, 3.05) is 19.4 Å². The van der Waals surface area contributed by atoms with Gasteiger partial charge in [0.2, 0.25) is 0 Å². The van der Waals surface area contributed by atoms with Gasteiger partial charge < -0.3 is 14.2 Å². The van der Waals surface area contributed by atoms with E-state index in [-0.39, 0.29) is 5.91 Å². The average Bonchev–Trinajstić information content (AvgIpc) is 3.14. The van der Waals surface area contributed by atoms with E-state index in [1.807, 2.05) is 36.4 Å². The summed E-state index contributed by atoms with van der Waals surface area (Å²) in [6.45, 7) is 1.02. The van der Waals surface area contributed by atoms with Gasteiger partial charge in [0.15, 0.2) is 5.76 Å². The molecular formula is C24H29N2O2+. The third-order valence-electron chi connectivity index (χ3n) is 6.01. The second-order valence-corrected chi connectivity index (χ2v) is 8.53. The summed E-state index contributed by atoms with van der Waals surface area (Å²) in [4.78, 5) is 12.5. The molecule has 1 saturated carbocycles. The molecule has 0 radical (unpaired) electrons. The number of quaternary nitrogens is 1. The van der Waals surface area contributed by atoms with Gasteiger partial charge in [-0.15, -0.1) is 0 Å². The highest BCUT2D eigenvalue weighted by molar-refractivity contribution is 6.04. The van der Waals surface area contributed by atoms with E-state index in [1.165, 1.54) is 37.7 Å². The van der Waals surface area contributed by atoms with Gasteiger partial charge in [-0.05, 0) is 49.9 Å². The van der Waals surface area contributed by atoms with Crippen molar-refractivity contribution in [1.82, 2.24) is 0 Å². The molecule has 146 valence electrons. The van der Waals surface area contributed by atoms with Crippen LogP contribution < -0.4 is 5.32 Å². The van der Waals surface area contributed by atoms with Crippen LogP contribution in [0.25, 0.3) is 11.0 Å². The van der Waals surface area contributed by atoms with E-state index in [0.717, 1.165) is 33.7 Å². The van der Waals surface area contributed by atoms with Crippen LogP contribution in [0.1, 0.15) is 48.2 Å². The van der Waals surface area contributed by atoms with Gasteiger partial charge in [0.1, 0.15) is 12.1 Å². The molecule has 1 amide bonds. The highest BCUT2D eigenvalue weighted by Crippen LogP contribution is 2.28. The molecule has 2 aromatic carbocycles. The Morgan fingerprint density at radius 3 is 2.46 bits per heavy atom. The Morgan fingerprint density at radius 1 is 1.04 bits per heavy atom. The summed E-state index contributed by atoms with van der Waals surface area (Å²) in [7, 11) is 4.68. The van der Waals surface area contributed by atoms with Crippen molar-refractivity contribution < 1.29 is 13.7 Å². The largest absolute Gasteiger partial charge is 0.451 e. The number of benzene rings is 2. The fourth-order valence-corrected chi connectivity index (χ4v) is 4.36. The van der Waals surface area contributed by atoms with E-state index in [2.05, 4.69) is 31.5 Å². The number of amides is 1. The standard InChI is InChI=1S/C24H28N2O2/c1-26(2,21-9-4-3-5-10-21)17-18-12-14-20(15-13-18)25-24(27)23-16-19-8-6-7-11-22(19)28-23/h6-8,11-16,21H,3-5,9-10,17H2,1-2H3/p+1. The lowest BCUT2D eigenvalue weighted by atomic mass is 9.92. The lowest BCUT2D eigenvalue weighted by molar-refractivity contribution is -0.929. The minimum atomic E-state index is -0.220. The van der Waals surface area contributed by atoms with Gasteiger partial charge in [-0.1, -0.05) is 36.8 Å². The van der Waals surface area contributed by atoms with Crippen LogP contribution in [-0.2, 0) is 6.54 Å². The first kappa shape index (κ1) is 18.8. The van der Waals surface area contributed by atoms with Gasteiger partial charge in [0.25, 0.3) is 5.91 Å². The van der Waals surface area contributed by atoms with Crippen molar-refractivity contribution in [1.29, 1.82) is 0 Å². The lowest BCUT2D eigenvalue weighted by Gasteiger charge is -2.40. The number of carbonyl (C=O) groups excluding carboxylic acids is 1. The van der Waals surface area contributed by atoms with Crippen LogP contribution in [0, 0.1) is 0 Å². The Morgan fingerprint density at radius 2 is 1.75 bits per heavy atom. The number of fused-ring (bicyclic) bond motifs is 1. The van der Waals surface area contributed by atoms with Crippen molar-refractivity contribution in [3.63, 3.8) is 0 Å². The van der Waals surface area contributed by atoms with Gasteiger partial charge in [-0.3, -0.25) is 4.79 Å². The van der Waals surface area contributed by atoms with Crippen LogP contribution in [0.5, 0.6) is 0 Å². The van der Waals surface area contributed by atoms with Crippen LogP contribution in [0.3, 0.4) is 0 Å². The summed E-state index contributed by atoms with van der Waals surface area (Å²) in [5, 5.41) is 3.87. The number of anilines is 1. The van der Waals surface area contributed by atoms with Crippen LogP contribution in [-0.4, -0.2) is 30.5 Å². The zero-order chi connectivity index (χ0) is 19.6. The normalized spacial score (nSPS) is 15.6. The number of hydrogen-bond acceptors (Lipinski definition) is 2. The second kappa shape index (κ2) is 7.80. The topological polar surface area (TPSA) is 42.2 Å². The minimum Gasteiger partial charge on any atom is -0.451 e. The summed E-state index contributed by atoms with van der Waals surface area (Å²) >= 11 is 0. The van der Waals surface area contributed by atoms with Crippen molar-refractivity contribution in [2.45, 2.75) is 44.7 Å². The summed E-state index contributed by atoms with van der Waals surface area (Å²) < 4.78 is 6.68. The summed E-state index contributed by atoms with van der Waals surface area (Å²) in [6.07, 6.45) is 6.77. The van der Waals surface area contributed by atoms with Crippen LogP contribution in [0.15, 0.2) is 59.0 Å². The van der Waals surface area contributed by atoms with Crippen LogP contribution >= 0.6 is 0 Å². The average molecular weight is 378 g/mol. The molecule has 1 N–H and O–H groups in total. The Kier molecular flexibility index (Phi) is 5.23. The maximum atomic E-state index is 12.5. The first-order valence-corrected chi connectivity index (χ1v) is 10.2. The van der Waals surface area contributed by atoms with Crippen molar-refractivity contribution >= 4 is 22.6 Å². The van der Waals surface area contributed by atoms with Gasteiger partial charge in [-0.2, -0.15) is 0 Å². The van der Waals surface area contributed by atoms with Crippen molar-refractivity contribution in [3.05, 3.63) is 65.9 Å². The number of hydrogen-bond donors (Lipinski definition) is 1. The molecule has 28 heavy (non-hydrogen) atoms. The fraction of sp³-hybridized carbons (Fsp3) is 0.375. The van der Waals surface area contributed by atoms with Gasteiger partial charge >= 0.3 is 0 Å². The van der Waals surface area contributed by atoms with Gasteiger partial charge in [0.05, 0.1) is 20.1 Å². The molecule has 0 aliphatic heterocycles. The molecule has 1 fully saturated rings. The lowest BCUT2D eigenvalue weighted by Crippen LogP contribution is -2.48. The third-order valence-corrected chi connectivity index (χ3v) is 6.01. The minimum absolute atomic E-state index is 0.220. The van der Waals surface area contributed by atoms with Crippen molar-refractivity contribution in [3.8, 4) is 0 Å². The third kappa shape index (κ3) is 4.12. The van der Waals surface area contributed by atoms with E-state index in [1.54, 1.807) is 6.07 Å². The first-order chi connectivity index (χ1) is 13.5. The van der Waals surface area contributed by atoms with Gasteiger partial charge in [0, 0.05) is 16.6 Å². The Balaban J connectivity index is 1.40. The number of rotatable bonds is 5. The molecule has 3 aromatic rings. The predicted molar refractivity (Wildman–Crippen MR) is 113 cm³/mol. The molecule has 4 heteroatoms. The molecule has 0 saturated heterocycles. The molecule has 4 rings (SSSR count). The maximum Gasteiger partial charge on any atom is 0.291 e. The molecule has 4 nitrogen and oxygen atoms in total. The SMILES string of the molecule is C[N+](C)(Cc1ccc(NC(=O)c2cc3ccccc3o2)cc1)C1CCCCC1. The number of nitrogens with zero attached hydrogens (tertiary/aromatic N) is 1. The van der Waals surface area contributed by atoms with Crippen LogP contribution in [0.4, 0.5) is 5.69 Å². The number of carbonyl (C=O) groups is 1. The summed E-state index contributed by atoms with van der Waals surface area (Å²) in [6, 6.07) is 18.4. The molecule has 1 aliphatic carbocycles. The van der Waals surface area contributed by atoms with Crippen LogP contribution in [0.2, 0.25) is 0 Å². The fourth-order valence-electron chi connectivity index (χ4n) is 4.36. The number of furan rings is 1. The zero-order valence-electron chi connectivity index (χ0n) is 16.8. The molecule has 1 aromatic heterocycles. The highest BCUT2D eigenvalue weighted by atomic mass is 16.3. The molecule has 0 bridgehead atoms. The maximum absolute atomic E-state index is 12.5. The Labute approximate surface area is 166 Å². The molecule has 0 spiro atoms. The van der Waals surface area contributed by atoms with Gasteiger partial charge in [-0.25, -0.2) is 0 Å². The van der Waals surface area contributed by atoms with E-state index in [4.69, 9.17) is 4.42 Å². The number of nitrogens with one attached hydrogen (secondary N) is 1. The molecule has 1 heterocycles. The quantitative estimate of drug-likeness (QED) is 0.589. The number of para-hydroxylation sites is 1. The Hall–Kier alpha value is -2.59. The van der Waals surface area contributed by atoms with E-state index in [9.17, 15) is 4.79 Å². The van der Waals surface area contributed by atoms with Crippen molar-refractivity contribution in [2.24, 2.45) is 0 Å². The van der Waals surface area contributed by atoms with E-state index >= 15 is 0 Å². The highest BCUT2D eigenvalue weighted by Gasteiger charge is 2.29. The summed E-state index contributed by atoms with van der Waals surface area (Å²) in [5.74, 6) is 0.114. The summed E-state index contributed by atoms with van der Waals surface area (Å²) in [5.41, 5.74) is 2.82. The molecular weight excluding hydrogens is 348 g/mol. The molecule has 0 atom stereocenters. The zero-order valence-corrected chi connectivity index (χ0v) is 16.8. The monoisotopic (exact) mass is 377 g/mol. The molecule has 1 aliphatic rings. The smallest absolute Gasteiger partial charge is 0.291 e.